The molecule has 0 saturated carbocycles. The zero-order valence-corrected chi connectivity index (χ0v) is 19.8. The molecule has 4 atom stereocenters. The van der Waals surface area contributed by atoms with Crippen molar-refractivity contribution in [3.63, 3.8) is 0 Å². The van der Waals surface area contributed by atoms with E-state index >= 15 is 0 Å². The van der Waals surface area contributed by atoms with Crippen molar-refractivity contribution < 1.29 is 39.4 Å². The van der Waals surface area contributed by atoms with E-state index in [2.05, 4.69) is 9.80 Å². The number of aliphatic hydroxyl groups excluding tert-OH is 4. The van der Waals surface area contributed by atoms with Crippen LogP contribution in [0.4, 0.5) is 0 Å². The summed E-state index contributed by atoms with van der Waals surface area (Å²) >= 11 is 0. The minimum absolute atomic E-state index is 0.288. The third kappa shape index (κ3) is 22.6. The Morgan fingerprint density at radius 3 is 0.903 bits per heavy atom. The fourth-order valence-corrected chi connectivity index (χ4v) is 2.58. The molecule has 0 saturated heterocycles. The second-order valence-electron chi connectivity index (χ2n) is 8.07. The van der Waals surface area contributed by atoms with E-state index in [1.165, 1.54) is 0 Å². The minimum atomic E-state index is -0.503. The molecule has 0 aromatic carbocycles. The molecule has 0 aliphatic rings. The maximum Gasteiger partial charge on any atom is 0.0745 e. The fourth-order valence-electron chi connectivity index (χ4n) is 2.58. The van der Waals surface area contributed by atoms with Crippen LogP contribution in [0.5, 0.6) is 0 Å². The summed E-state index contributed by atoms with van der Waals surface area (Å²) < 4.78 is 22.0. The summed E-state index contributed by atoms with van der Waals surface area (Å²) in [5.74, 6) is 0. The van der Waals surface area contributed by atoms with Gasteiger partial charge in [0.25, 0.3) is 0 Å². The van der Waals surface area contributed by atoms with Crippen LogP contribution in [0.3, 0.4) is 0 Å². The van der Waals surface area contributed by atoms with Crippen molar-refractivity contribution in [1.82, 2.24) is 9.80 Å². The molecule has 0 aromatic rings. The van der Waals surface area contributed by atoms with Crippen molar-refractivity contribution in [3.05, 3.63) is 0 Å². The van der Waals surface area contributed by atoms with E-state index in [1.54, 1.807) is 27.7 Å². The number of ether oxygens (including phenoxy) is 4. The summed E-state index contributed by atoms with van der Waals surface area (Å²) in [5.41, 5.74) is 0. The Bertz CT molecular complexity index is 320. The molecule has 0 fully saturated rings. The normalized spacial score (nSPS) is 16.1. The maximum absolute atomic E-state index is 9.35. The van der Waals surface area contributed by atoms with E-state index in [1.807, 2.05) is 0 Å². The molecule has 4 unspecified atom stereocenters. The van der Waals surface area contributed by atoms with Gasteiger partial charge in [-0.25, -0.2) is 0 Å². The third-order valence-corrected chi connectivity index (χ3v) is 4.04. The van der Waals surface area contributed by atoms with Gasteiger partial charge in [0.05, 0.1) is 83.9 Å². The number of nitrogens with zero attached hydrogens (tertiary/aromatic N) is 2. The largest absolute Gasteiger partial charge is 0.391 e. The lowest BCUT2D eigenvalue weighted by Gasteiger charge is -2.30. The van der Waals surface area contributed by atoms with Gasteiger partial charge < -0.3 is 39.4 Å². The van der Waals surface area contributed by atoms with E-state index in [0.717, 1.165) is 0 Å². The van der Waals surface area contributed by atoms with Gasteiger partial charge >= 0.3 is 0 Å². The van der Waals surface area contributed by atoms with Crippen LogP contribution in [0.15, 0.2) is 0 Å². The first-order chi connectivity index (χ1) is 14.7. The van der Waals surface area contributed by atoms with E-state index in [4.69, 9.17) is 18.9 Å². The number of rotatable bonds is 22. The zero-order chi connectivity index (χ0) is 23.5. The first kappa shape index (κ1) is 30.6. The zero-order valence-electron chi connectivity index (χ0n) is 19.8. The summed E-state index contributed by atoms with van der Waals surface area (Å²) in [6.07, 6.45) is -2.01. The van der Waals surface area contributed by atoms with Gasteiger partial charge in [0, 0.05) is 26.2 Å². The van der Waals surface area contributed by atoms with Gasteiger partial charge in [-0.15, -0.1) is 0 Å². The van der Waals surface area contributed by atoms with Crippen LogP contribution in [-0.4, -0.2) is 140 Å². The van der Waals surface area contributed by atoms with Crippen LogP contribution >= 0.6 is 0 Å². The van der Waals surface area contributed by atoms with Crippen LogP contribution in [0, 0.1) is 0 Å². The van der Waals surface area contributed by atoms with Crippen molar-refractivity contribution in [2.45, 2.75) is 52.1 Å². The molecule has 0 aromatic heterocycles. The van der Waals surface area contributed by atoms with Crippen molar-refractivity contribution in [2.24, 2.45) is 0 Å². The average molecular weight is 455 g/mol. The molecular formula is C21H46N2O8. The standard InChI is InChI=1S/C21H46N2O8/c1-18(24)13-28-9-5-22(6-10-29-14-19(2)25)17-23(7-11-30-15-20(3)26)8-12-31-16-21(4)27/h18-21,24-27H,5-17H2,1-4H3. The Kier molecular flexibility index (Phi) is 20.0. The van der Waals surface area contributed by atoms with Gasteiger partial charge in [0.1, 0.15) is 0 Å². The van der Waals surface area contributed by atoms with E-state index in [0.29, 0.717) is 59.3 Å². The minimum Gasteiger partial charge on any atom is -0.391 e. The molecule has 0 aliphatic carbocycles. The third-order valence-electron chi connectivity index (χ3n) is 4.04. The van der Waals surface area contributed by atoms with E-state index in [-0.39, 0.29) is 26.4 Å². The highest BCUT2D eigenvalue weighted by atomic mass is 16.5. The van der Waals surface area contributed by atoms with Crippen LogP contribution in [-0.2, 0) is 18.9 Å². The van der Waals surface area contributed by atoms with Gasteiger partial charge in [0.15, 0.2) is 0 Å². The second kappa shape index (κ2) is 20.2. The molecule has 0 rings (SSSR count). The van der Waals surface area contributed by atoms with Gasteiger partial charge in [-0.3, -0.25) is 9.80 Å². The summed E-state index contributed by atoms with van der Waals surface area (Å²) in [6, 6.07) is 0. The topological polar surface area (TPSA) is 124 Å². The van der Waals surface area contributed by atoms with E-state index < -0.39 is 24.4 Å². The van der Waals surface area contributed by atoms with Gasteiger partial charge in [-0.05, 0) is 27.7 Å². The highest BCUT2D eigenvalue weighted by Crippen LogP contribution is 1.99. The molecule has 0 radical (unpaired) electrons. The van der Waals surface area contributed by atoms with Gasteiger partial charge in [-0.2, -0.15) is 0 Å². The Hall–Kier alpha value is -0.400. The highest BCUT2D eigenvalue weighted by Gasteiger charge is 2.13. The number of aliphatic hydroxyl groups is 4. The maximum atomic E-state index is 9.35. The smallest absolute Gasteiger partial charge is 0.0745 e. The fraction of sp³-hybridized carbons (Fsp3) is 1.00. The lowest BCUT2D eigenvalue weighted by atomic mass is 10.4. The van der Waals surface area contributed by atoms with Crippen LogP contribution in [0.25, 0.3) is 0 Å². The Morgan fingerprint density at radius 2 is 0.710 bits per heavy atom. The predicted molar refractivity (Wildman–Crippen MR) is 118 cm³/mol. The second-order valence-corrected chi connectivity index (χ2v) is 8.07. The van der Waals surface area contributed by atoms with Gasteiger partial charge in [0.2, 0.25) is 0 Å². The summed E-state index contributed by atoms with van der Waals surface area (Å²) in [6.45, 7) is 13.1. The number of hydrogen-bond donors (Lipinski definition) is 4. The average Bonchev–Trinajstić information content (AvgIpc) is 2.67. The van der Waals surface area contributed by atoms with Crippen LogP contribution in [0.1, 0.15) is 27.7 Å². The molecule has 0 spiro atoms. The van der Waals surface area contributed by atoms with E-state index in [9.17, 15) is 20.4 Å². The highest BCUT2D eigenvalue weighted by molar-refractivity contribution is 4.63. The summed E-state index contributed by atoms with van der Waals surface area (Å²) in [7, 11) is 0. The van der Waals surface area contributed by atoms with Crippen LogP contribution in [0.2, 0.25) is 0 Å². The van der Waals surface area contributed by atoms with Crippen molar-refractivity contribution in [2.75, 3.05) is 85.7 Å². The van der Waals surface area contributed by atoms with Gasteiger partial charge in [-0.1, -0.05) is 0 Å². The monoisotopic (exact) mass is 454 g/mol. The molecule has 10 heteroatoms. The Morgan fingerprint density at radius 1 is 0.484 bits per heavy atom. The molecule has 0 aliphatic heterocycles. The molecular weight excluding hydrogens is 408 g/mol. The Labute approximate surface area is 187 Å². The summed E-state index contributed by atoms with van der Waals surface area (Å²) in [5, 5.41) is 37.4. The molecule has 0 heterocycles. The number of hydrogen-bond acceptors (Lipinski definition) is 10. The summed E-state index contributed by atoms with van der Waals surface area (Å²) in [4.78, 5) is 4.35. The van der Waals surface area contributed by atoms with Crippen molar-refractivity contribution >= 4 is 0 Å². The molecule has 188 valence electrons. The molecule has 31 heavy (non-hydrogen) atoms. The lowest BCUT2D eigenvalue weighted by molar-refractivity contribution is -0.0111. The first-order valence-corrected chi connectivity index (χ1v) is 11.2. The molecule has 10 nitrogen and oxygen atoms in total. The first-order valence-electron chi connectivity index (χ1n) is 11.2. The lowest BCUT2D eigenvalue weighted by Crippen LogP contribution is -2.44. The predicted octanol–water partition coefficient (Wildman–Crippen LogP) is -0.862. The molecule has 4 N–H and O–H groups in total. The molecule has 0 amide bonds. The SMILES string of the molecule is CC(O)COCCN(CCOCC(C)O)CN(CCOCC(C)O)CCOCC(C)O. The van der Waals surface area contributed by atoms with Crippen LogP contribution < -0.4 is 0 Å². The Balaban J connectivity index is 4.65. The quantitative estimate of drug-likeness (QED) is 0.121. The van der Waals surface area contributed by atoms with Crippen molar-refractivity contribution in [1.29, 1.82) is 0 Å². The van der Waals surface area contributed by atoms with Crippen molar-refractivity contribution in [3.8, 4) is 0 Å². The molecule has 0 bridgehead atoms.